The van der Waals surface area contributed by atoms with E-state index in [4.69, 9.17) is 21.1 Å². The summed E-state index contributed by atoms with van der Waals surface area (Å²) >= 11 is 5.81. The van der Waals surface area contributed by atoms with E-state index in [0.717, 1.165) is 25.1 Å². The number of alkyl halides is 3. The van der Waals surface area contributed by atoms with Gasteiger partial charge < -0.3 is 30.7 Å². The molecule has 0 atom stereocenters. The number of urea groups is 1. The number of methoxy groups -OCH3 is 2. The molecule has 0 unspecified atom stereocenters. The number of nitrogens with one attached hydrogen (secondary N) is 5. The van der Waals surface area contributed by atoms with Gasteiger partial charge in [0.05, 0.1) is 30.6 Å². The summed E-state index contributed by atoms with van der Waals surface area (Å²) in [6, 6.07) is 7.99. The molecule has 10 nitrogen and oxygen atoms in total. The van der Waals surface area contributed by atoms with Gasteiger partial charge in [-0.1, -0.05) is 24.3 Å². The van der Waals surface area contributed by atoms with Crippen LogP contribution in [0.4, 0.5) is 33.7 Å². The van der Waals surface area contributed by atoms with Gasteiger partial charge in [-0.3, -0.25) is 9.89 Å². The van der Waals surface area contributed by atoms with Crippen molar-refractivity contribution in [2.75, 3.05) is 24.9 Å². The molecule has 1 heterocycles. The van der Waals surface area contributed by atoms with Gasteiger partial charge in [0.2, 0.25) is 0 Å². The number of anilines is 2. The number of aromatic nitrogens is 2. The van der Waals surface area contributed by atoms with Gasteiger partial charge in [-0.05, 0) is 48.9 Å². The molecular formula is C29H29ClF4N6O4. The maximum absolute atomic E-state index is 14.4. The second-order valence-electron chi connectivity index (χ2n) is 9.12. The van der Waals surface area contributed by atoms with Crippen LogP contribution in [0.1, 0.15) is 28.5 Å². The fourth-order valence-electron chi connectivity index (χ4n) is 3.66. The van der Waals surface area contributed by atoms with Crippen molar-refractivity contribution in [3.8, 4) is 11.5 Å². The van der Waals surface area contributed by atoms with Crippen LogP contribution in [-0.4, -0.2) is 42.5 Å². The fraction of sp³-hybridized carbons (Fsp3) is 0.207. The number of benzene rings is 2. The Morgan fingerprint density at radius 2 is 1.84 bits per heavy atom. The first-order chi connectivity index (χ1) is 20.8. The monoisotopic (exact) mass is 636 g/mol. The zero-order valence-electron chi connectivity index (χ0n) is 23.8. The predicted molar refractivity (Wildman–Crippen MR) is 158 cm³/mol. The van der Waals surface area contributed by atoms with E-state index in [1.54, 1.807) is 18.2 Å². The lowest BCUT2D eigenvalue weighted by Crippen LogP contribution is -2.28. The van der Waals surface area contributed by atoms with E-state index < -0.39 is 29.5 Å². The van der Waals surface area contributed by atoms with Gasteiger partial charge in [-0.15, -0.1) is 0 Å². The number of H-pyrrole nitrogens is 1. The summed E-state index contributed by atoms with van der Waals surface area (Å²) in [7, 11) is 3.03. The predicted octanol–water partition coefficient (Wildman–Crippen LogP) is 6.37. The molecule has 0 radical (unpaired) electrons. The molecule has 3 aromatic rings. The number of hydrogen-bond donors (Lipinski definition) is 5. The van der Waals surface area contributed by atoms with Crippen molar-refractivity contribution in [3.05, 3.63) is 100 Å². The Kier molecular flexibility index (Phi) is 11.4. The van der Waals surface area contributed by atoms with Crippen LogP contribution in [0.5, 0.6) is 11.5 Å². The lowest BCUT2D eigenvalue weighted by molar-refractivity contribution is -0.0913. The van der Waals surface area contributed by atoms with Crippen LogP contribution >= 0.6 is 11.6 Å². The third kappa shape index (κ3) is 9.52. The standard InChI is InChI=1S/C29H29ClF4N6O4/c1-16(29(32,33)34)5-8-23(17(2)30)39-28(42)38-21-10-18(9-20(31)11-21)13-35-24-15-37-40-26(24)27(41)36-14-19-6-7-22(43-3)12-25(19)44-4/h5-12,15,35H,2,13-14H2,1,3-4H3,(H,36,41)(H,37,40)(H2,38,39,42)/b16-5+,23-8+. The normalized spacial score (nSPS) is 11.9. The van der Waals surface area contributed by atoms with E-state index in [2.05, 4.69) is 38.0 Å². The van der Waals surface area contributed by atoms with Crippen molar-refractivity contribution in [2.45, 2.75) is 26.2 Å². The van der Waals surface area contributed by atoms with Gasteiger partial charge in [0.15, 0.2) is 5.69 Å². The highest BCUT2D eigenvalue weighted by Crippen LogP contribution is 2.26. The van der Waals surface area contributed by atoms with Crippen LogP contribution in [0.15, 0.2) is 77.6 Å². The van der Waals surface area contributed by atoms with Gasteiger partial charge >= 0.3 is 12.2 Å². The molecule has 3 rings (SSSR count). The third-order valence-electron chi connectivity index (χ3n) is 5.98. The minimum atomic E-state index is -4.56. The van der Waals surface area contributed by atoms with Gasteiger partial charge in [-0.25, -0.2) is 9.18 Å². The smallest absolute Gasteiger partial charge is 0.412 e. The summed E-state index contributed by atoms with van der Waals surface area (Å²) in [6.07, 6.45) is -1.42. The van der Waals surface area contributed by atoms with Gasteiger partial charge in [0.25, 0.3) is 5.91 Å². The van der Waals surface area contributed by atoms with E-state index in [1.165, 1.54) is 32.5 Å². The molecule has 0 spiro atoms. The Hall–Kier alpha value is -4.98. The van der Waals surface area contributed by atoms with Crippen molar-refractivity contribution in [2.24, 2.45) is 0 Å². The number of ether oxygens (including phenoxy) is 2. The summed E-state index contributed by atoms with van der Waals surface area (Å²) in [4.78, 5) is 25.3. The number of nitrogens with zero attached hydrogens (tertiary/aromatic N) is 1. The topological polar surface area (TPSA) is 129 Å². The first-order valence-corrected chi connectivity index (χ1v) is 13.1. The quantitative estimate of drug-likeness (QED) is 0.116. The number of amides is 3. The van der Waals surface area contributed by atoms with Crippen molar-refractivity contribution in [1.29, 1.82) is 0 Å². The Labute approximate surface area is 255 Å². The molecule has 0 saturated heterocycles. The molecule has 0 aliphatic rings. The maximum atomic E-state index is 14.4. The molecule has 15 heteroatoms. The number of carbonyl (C=O) groups is 2. The molecule has 0 fully saturated rings. The van der Waals surface area contributed by atoms with Crippen LogP contribution in [0.2, 0.25) is 0 Å². The Morgan fingerprint density at radius 3 is 2.50 bits per heavy atom. The number of allylic oxidation sites excluding steroid dienone is 4. The minimum Gasteiger partial charge on any atom is -0.497 e. The Bertz CT molecular complexity index is 1590. The highest BCUT2D eigenvalue weighted by atomic mass is 35.5. The van der Waals surface area contributed by atoms with E-state index in [1.807, 2.05) is 0 Å². The Balaban J connectivity index is 1.64. The largest absolute Gasteiger partial charge is 0.497 e. The molecule has 1 aromatic heterocycles. The van der Waals surface area contributed by atoms with Crippen molar-refractivity contribution in [1.82, 2.24) is 20.8 Å². The average molecular weight is 637 g/mol. The molecule has 3 amide bonds. The first-order valence-electron chi connectivity index (χ1n) is 12.8. The SMILES string of the molecule is C=C(Cl)/C(=C\C=C(/C)C(F)(F)F)NC(=O)Nc1cc(F)cc(CNc2c[nH]nc2C(=O)NCc2ccc(OC)cc2OC)c1. The van der Waals surface area contributed by atoms with Crippen LogP contribution in [0.25, 0.3) is 0 Å². The third-order valence-corrected chi connectivity index (χ3v) is 6.18. The molecule has 0 bridgehead atoms. The molecule has 2 aromatic carbocycles. The first kappa shape index (κ1) is 33.5. The molecule has 0 saturated carbocycles. The summed E-state index contributed by atoms with van der Waals surface area (Å²) < 4.78 is 63.2. The van der Waals surface area contributed by atoms with Crippen molar-refractivity contribution < 1.29 is 36.6 Å². The molecule has 5 N–H and O–H groups in total. The summed E-state index contributed by atoms with van der Waals surface area (Å²) in [6.45, 7) is 4.45. The zero-order valence-corrected chi connectivity index (χ0v) is 24.5. The summed E-state index contributed by atoms with van der Waals surface area (Å²) in [5, 5.41) is 16.8. The molecular weight excluding hydrogens is 608 g/mol. The highest BCUT2D eigenvalue weighted by Gasteiger charge is 2.29. The van der Waals surface area contributed by atoms with Crippen LogP contribution in [0, 0.1) is 5.82 Å². The maximum Gasteiger partial charge on any atom is 0.412 e. The number of rotatable bonds is 12. The second kappa shape index (κ2) is 15.0. The average Bonchev–Trinajstić information content (AvgIpc) is 3.44. The van der Waals surface area contributed by atoms with E-state index in [0.29, 0.717) is 28.3 Å². The number of carbonyl (C=O) groups excluding carboxylic acids is 2. The number of hydrogen-bond acceptors (Lipinski definition) is 6. The molecule has 0 aliphatic carbocycles. The lowest BCUT2D eigenvalue weighted by atomic mass is 10.1. The fourth-order valence-corrected chi connectivity index (χ4v) is 3.77. The Morgan fingerprint density at radius 1 is 1.09 bits per heavy atom. The number of aromatic amines is 1. The van der Waals surface area contributed by atoms with Gasteiger partial charge in [0.1, 0.15) is 17.3 Å². The molecule has 44 heavy (non-hydrogen) atoms. The summed E-state index contributed by atoms with van der Waals surface area (Å²) in [5.41, 5.74) is 0.411. The van der Waals surface area contributed by atoms with E-state index in [9.17, 15) is 27.2 Å². The molecule has 234 valence electrons. The van der Waals surface area contributed by atoms with Gasteiger partial charge in [0, 0.05) is 42.2 Å². The van der Waals surface area contributed by atoms with Crippen molar-refractivity contribution >= 4 is 34.9 Å². The second-order valence-corrected chi connectivity index (χ2v) is 9.58. The minimum absolute atomic E-state index is 0.0331. The lowest BCUT2D eigenvalue weighted by Gasteiger charge is -2.13. The van der Waals surface area contributed by atoms with Crippen molar-refractivity contribution in [3.63, 3.8) is 0 Å². The number of halogens is 5. The van der Waals surface area contributed by atoms with Crippen LogP contribution in [0.3, 0.4) is 0 Å². The summed E-state index contributed by atoms with van der Waals surface area (Å²) in [5.74, 6) is -0.0426. The zero-order chi connectivity index (χ0) is 32.4. The van der Waals surface area contributed by atoms with E-state index in [-0.39, 0.29) is 35.2 Å². The molecule has 0 aliphatic heterocycles. The van der Waals surface area contributed by atoms with Crippen LogP contribution < -0.4 is 30.7 Å². The highest BCUT2D eigenvalue weighted by molar-refractivity contribution is 6.31. The van der Waals surface area contributed by atoms with Gasteiger partial charge in [-0.2, -0.15) is 18.3 Å². The van der Waals surface area contributed by atoms with E-state index >= 15 is 0 Å². The van der Waals surface area contributed by atoms with Crippen LogP contribution in [-0.2, 0) is 13.1 Å².